The van der Waals surface area contributed by atoms with E-state index in [0.717, 1.165) is 29.5 Å². The van der Waals surface area contributed by atoms with Crippen molar-refractivity contribution in [2.24, 2.45) is 0 Å². The number of aryl methyl sites for hydroxylation is 2. The SMILES string of the molecule is Cc1cc(OCC(=O)NC2CCN(C(=O)/C=C/c3ccccc3)CC2)cc(C)c1Cl. The summed E-state index contributed by atoms with van der Waals surface area (Å²) in [4.78, 5) is 26.4. The van der Waals surface area contributed by atoms with Gasteiger partial charge in [-0.05, 0) is 61.6 Å². The number of benzene rings is 2. The summed E-state index contributed by atoms with van der Waals surface area (Å²) in [6.07, 6.45) is 4.90. The van der Waals surface area contributed by atoms with Gasteiger partial charge >= 0.3 is 0 Å². The maximum Gasteiger partial charge on any atom is 0.258 e. The van der Waals surface area contributed by atoms with E-state index >= 15 is 0 Å². The van der Waals surface area contributed by atoms with Crippen molar-refractivity contribution in [2.45, 2.75) is 32.7 Å². The van der Waals surface area contributed by atoms with E-state index < -0.39 is 0 Å². The van der Waals surface area contributed by atoms with Crippen LogP contribution in [0.1, 0.15) is 29.5 Å². The molecule has 0 radical (unpaired) electrons. The van der Waals surface area contributed by atoms with E-state index in [9.17, 15) is 9.59 Å². The van der Waals surface area contributed by atoms with Crippen LogP contribution in [-0.2, 0) is 9.59 Å². The van der Waals surface area contributed by atoms with Crippen molar-refractivity contribution in [3.63, 3.8) is 0 Å². The van der Waals surface area contributed by atoms with Crippen LogP contribution in [0, 0.1) is 13.8 Å². The van der Waals surface area contributed by atoms with Gasteiger partial charge in [0, 0.05) is 30.2 Å². The van der Waals surface area contributed by atoms with E-state index in [1.807, 2.05) is 67.3 Å². The normalized spacial score (nSPS) is 14.7. The molecule has 158 valence electrons. The third-order valence-electron chi connectivity index (χ3n) is 5.17. The second-order valence-corrected chi connectivity index (χ2v) is 7.95. The summed E-state index contributed by atoms with van der Waals surface area (Å²) in [5.41, 5.74) is 2.84. The van der Waals surface area contributed by atoms with Crippen LogP contribution in [0.5, 0.6) is 5.75 Å². The molecule has 5 nitrogen and oxygen atoms in total. The first-order valence-electron chi connectivity index (χ1n) is 10.1. The molecule has 0 unspecified atom stereocenters. The molecule has 1 heterocycles. The Hall–Kier alpha value is -2.79. The number of hydrogen-bond donors (Lipinski definition) is 1. The lowest BCUT2D eigenvalue weighted by atomic mass is 10.0. The van der Waals surface area contributed by atoms with Crippen LogP contribution >= 0.6 is 11.6 Å². The number of halogens is 1. The maximum absolute atomic E-state index is 12.4. The van der Waals surface area contributed by atoms with Crippen LogP contribution in [0.25, 0.3) is 6.08 Å². The highest BCUT2D eigenvalue weighted by molar-refractivity contribution is 6.32. The summed E-state index contributed by atoms with van der Waals surface area (Å²) in [5.74, 6) is 0.476. The summed E-state index contributed by atoms with van der Waals surface area (Å²) in [6, 6.07) is 13.5. The third-order valence-corrected chi connectivity index (χ3v) is 5.77. The van der Waals surface area contributed by atoms with Gasteiger partial charge in [0.2, 0.25) is 5.91 Å². The largest absolute Gasteiger partial charge is 0.484 e. The molecule has 1 saturated heterocycles. The molecule has 1 N–H and O–H groups in total. The monoisotopic (exact) mass is 426 g/mol. The molecule has 6 heteroatoms. The Labute approximate surface area is 182 Å². The first-order chi connectivity index (χ1) is 14.4. The molecule has 1 aliphatic rings. The fourth-order valence-electron chi connectivity index (χ4n) is 3.49. The number of carbonyl (C=O) groups excluding carboxylic acids is 2. The molecule has 1 fully saturated rings. The molecule has 0 aliphatic carbocycles. The van der Waals surface area contributed by atoms with E-state index in [-0.39, 0.29) is 24.5 Å². The van der Waals surface area contributed by atoms with Gasteiger partial charge in [-0.1, -0.05) is 41.9 Å². The molecule has 3 rings (SSSR count). The average Bonchev–Trinajstić information content (AvgIpc) is 2.75. The number of amides is 2. The molecule has 2 amide bonds. The molecule has 0 spiro atoms. The van der Waals surface area contributed by atoms with Crippen LogP contribution in [0.4, 0.5) is 0 Å². The van der Waals surface area contributed by atoms with Crippen molar-refractivity contribution in [3.8, 4) is 5.75 Å². The summed E-state index contributed by atoms with van der Waals surface area (Å²) in [5, 5.41) is 3.72. The standard InChI is InChI=1S/C24H27ClN2O3/c1-17-14-21(15-18(2)24(17)25)30-16-22(28)26-20-10-12-27(13-11-20)23(29)9-8-19-6-4-3-5-7-19/h3-9,14-15,20H,10-13,16H2,1-2H3,(H,26,28)/b9-8+. The first-order valence-corrected chi connectivity index (χ1v) is 10.5. The highest BCUT2D eigenvalue weighted by atomic mass is 35.5. The molecule has 2 aromatic carbocycles. The number of rotatable bonds is 6. The topological polar surface area (TPSA) is 58.6 Å². The van der Waals surface area contributed by atoms with Crippen molar-refractivity contribution >= 4 is 29.5 Å². The summed E-state index contributed by atoms with van der Waals surface area (Å²) >= 11 is 6.16. The zero-order valence-corrected chi connectivity index (χ0v) is 18.1. The molecule has 0 aromatic heterocycles. The van der Waals surface area contributed by atoms with Crippen molar-refractivity contribution in [3.05, 3.63) is 70.3 Å². The molecular formula is C24H27ClN2O3. The van der Waals surface area contributed by atoms with Gasteiger partial charge in [-0.2, -0.15) is 0 Å². The van der Waals surface area contributed by atoms with Gasteiger partial charge in [-0.25, -0.2) is 0 Å². The molecule has 0 atom stereocenters. The van der Waals surface area contributed by atoms with Crippen LogP contribution in [0.2, 0.25) is 5.02 Å². The Bertz CT molecular complexity index is 896. The number of nitrogens with zero attached hydrogens (tertiary/aromatic N) is 1. The number of ether oxygens (including phenoxy) is 1. The lowest BCUT2D eigenvalue weighted by Crippen LogP contribution is -2.47. The number of carbonyl (C=O) groups is 2. The summed E-state index contributed by atoms with van der Waals surface area (Å²) < 4.78 is 5.61. The minimum atomic E-state index is -0.158. The minimum absolute atomic E-state index is 0.000408. The maximum atomic E-state index is 12.4. The minimum Gasteiger partial charge on any atom is -0.484 e. The average molecular weight is 427 g/mol. The van der Waals surface area contributed by atoms with Crippen molar-refractivity contribution in [1.29, 1.82) is 0 Å². The quantitative estimate of drug-likeness (QED) is 0.705. The van der Waals surface area contributed by atoms with E-state index in [1.165, 1.54) is 0 Å². The predicted octanol–water partition coefficient (Wildman–Crippen LogP) is 4.16. The molecule has 30 heavy (non-hydrogen) atoms. The number of piperidine rings is 1. The van der Waals surface area contributed by atoms with Gasteiger partial charge in [0.25, 0.3) is 5.91 Å². The van der Waals surface area contributed by atoms with E-state index in [4.69, 9.17) is 16.3 Å². The number of nitrogens with one attached hydrogen (secondary N) is 1. The van der Waals surface area contributed by atoms with Crippen molar-refractivity contribution < 1.29 is 14.3 Å². The fraction of sp³-hybridized carbons (Fsp3) is 0.333. The summed E-state index contributed by atoms with van der Waals surface area (Å²) in [6.45, 7) is 5.02. The highest BCUT2D eigenvalue weighted by Crippen LogP contribution is 2.25. The van der Waals surface area contributed by atoms with E-state index in [0.29, 0.717) is 23.9 Å². The Morgan fingerprint density at radius 3 is 2.40 bits per heavy atom. The van der Waals surface area contributed by atoms with E-state index in [2.05, 4.69) is 5.32 Å². The third kappa shape index (κ3) is 6.10. The fourth-order valence-corrected chi connectivity index (χ4v) is 3.60. The Morgan fingerprint density at radius 1 is 1.13 bits per heavy atom. The number of likely N-dealkylation sites (tertiary alicyclic amines) is 1. The Kier molecular flexibility index (Phi) is 7.52. The highest BCUT2D eigenvalue weighted by Gasteiger charge is 2.22. The zero-order chi connectivity index (χ0) is 21.5. The second kappa shape index (κ2) is 10.3. The van der Waals surface area contributed by atoms with Crippen LogP contribution in [0.15, 0.2) is 48.5 Å². The van der Waals surface area contributed by atoms with Crippen molar-refractivity contribution in [1.82, 2.24) is 10.2 Å². The Morgan fingerprint density at radius 2 is 1.77 bits per heavy atom. The second-order valence-electron chi connectivity index (χ2n) is 7.57. The van der Waals surface area contributed by atoms with Crippen molar-refractivity contribution in [2.75, 3.05) is 19.7 Å². The van der Waals surface area contributed by atoms with Gasteiger partial charge in [0.05, 0.1) is 0 Å². The van der Waals surface area contributed by atoms with Crippen LogP contribution < -0.4 is 10.1 Å². The zero-order valence-electron chi connectivity index (χ0n) is 17.4. The van der Waals surface area contributed by atoms with Crippen LogP contribution in [0.3, 0.4) is 0 Å². The van der Waals surface area contributed by atoms with Gasteiger partial charge in [0.15, 0.2) is 6.61 Å². The summed E-state index contributed by atoms with van der Waals surface area (Å²) in [7, 11) is 0. The first kappa shape index (κ1) is 21.9. The van der Waals surface area contributed by atoms with E-state index in [1.54, 1.807) is 6.08 Å². The lowest BCUT2D eigenvalue weighted by Gasteiger charge is -2.31. The smallest absolute Gasteiger partial charge is 0.258 e. The van der Waals surface area contributed by atoms with Gasteiger partial charge in [0.1, 0.15) is 5.75 Å². The molecule has 2 aromatic rings. The van der Waals surface area contributed by atoms with Gasteiger partial charge in [-0.3, -0.25) is 9.59 Å². The molecular weight excluding hydrogens is 400 g/mol. The van der Waals surface area contributed by atoms with Crippen LogP contribution in [-0.4, -0.2) is 42.5 Å². The molecule has 0 bridgehead atoms. The molecule has 1 aliphatic heterocycles. The van der Waals surface area contributed by atoms with Gasteiger partial charge in [-0.15, -0.1) is 0 Å². The lowest BCUT2D eigenvalue weighted by molar-refractivity contribution is -0.127. The predicted molar refractivity (Wildman–Crippen MR) is 120 cm³/mol. The number of hydrogen-bond acceptors (Lipinski definition) is 3. The Balaban J connectivity index is 1.41. The molecule has 0 saturated carbocycles. The van der Waals surface area contributed by atoms with Gasteiger partial charge < -0.3 is 15.0 Å².